The Morgan fingerprint density at radius 2 is 1.82 bits per heavy atom. The molecule has 1 heterocycles. The molecule has 8 heteroatoms. The van der Waals surface area contributed by atoms with Crippen LogP contribution in [-0.2, 0) is 16.0 Å². The number of nitrogen functional groups attached to an aromatic ring is 1. The highest BCUT2D eigenvalue weighted by Gasteiger charge is 2.20. The van der Waals surface area contributed by atoms with E-state index < -0.39 is 0 Å². The summed E-state index contributed by atoms with van der Waals surface area (Å²) in [6.07, 6.45) is 0.199. The minimum Gasteiger partial charge on any atom is -0.495 e. The van der Waals surface area contributed by atoms with Crippen LogP contribution in [0.5, 0.6) is 5.75 Å². The number of carbonyl (C=O) groups excluding carboxylic acids is 2. The van der Waals surface area contributed by atoms with Crippen LogP contribution in [0.1, 0.15) is 15.9 Å². The molecular formula is C20H24ClN3O4. The van der Waals surface area contributed by atoms with E-state index in [-0.39, 0.29) is 30.6 Å². The van der Waals surface area contributed by atoms with E-state index in [1.54, 1.807) is 35.2 Å². The lowest BCUT2D eigenvalue weighted by Gasteiger charge is -2.27. The Morgan fingerprint density at radius 1 is 1.14 bits per heavy atom. The van der Waals surface area contributed by atoms with Crippen LogP contribution >= 0.6 is 12.4 Å². The Hall–Kier alpha value is -2.77. The lowest BCUT2D eigenvalue weighted by Crippen LogP contribution is -2.40. The third kappa shape index (κ3) is 5.37. The van der Waals surface area contributed by atoms with Crippen molar-refractivity contribution in [2.75, 3.05) is 44.5 Å². The molecule has 0 saturated carbocycles. The number of halogens is 1. The van der Waals surface area contributed by atoms with Crippen LogP contribution in [0.4, 0.5) is 11.4 Å². The van der Waals surface area contributed by atoms with Gasteiger partial charge in [0, 0.05) is 24.3 Å². The lowest BCUT2D eigenvalue weighted by atomic mass is 10.1. The Bertz CT molecular complexity index is 821. The first-order valence-electron chi connectivity index (χ1n) is 8.76. The summed E-state index contributed by atoms with van der Waals surface area (Å²) in [6.45, 7) is 2.19. The van der Waals surface area contributed by atoms with Gasteiger partial charge in [0.05, 0.1) is 32.4 Å². The molecule has 0 aromatic heterocycles. The number of carbonyl (C=O) groups is 2. The summed E-state index contributed by atoms with van der Waals surface area (Å²) in [5.74, 6) is 0.211. The molecule has 0 spiro atoms. The van der Waals surface area contributed by atoms with Gasteiger partial charge >= 0.3 is 0 Å². The molecular weight excluding hydrogens is 382 g/mol. The van der Waals surface area contributed by atoms with E-state index >= 15 is 0 Å². The van der Waals surface area contributed by atoms with Gasteiger partial charge in [0.1, 0.15) is 5.75 Å². The van der Waals surface area contributed by atoms with Crippen molar-refractivity contribution in [2.24, 2.45) is 0 Å². The fourth-order valence-electron chi connectivity index (χ4n) is 2.90. The molecule has 0 atom stereocenters. The molecule has 2 aromatic rings. The largest absolute Gasteiger partial charge is 0.495 e. The molecule has 1 saturated heterocycles. The predicted molar refractivity (Wildman–Crippen MR) is 110 cm³/mol. The van der Waals surface area contributed by atoms with Crippen molar-refractivity contribution >= 4 is 35.6 Å². The van der Waals surface area contributed by atoms with E-state index in [1.165, 1.54) is 7.11 Å². The van der Waals surface area contributed by atoms with Crippen molar-refractivity contribution in [3.63, 3.8) is 0 Å². The van der Waals surface area contributed by atoms with E-state index in [4.69, 9.17) is 15.2 Å². The molecule has 0 bridgehead atoms. The molecule has 7 nitrogen and oxygen atoms in total. The van der Waals surface area contributed by atoms with Crippen LogP contribution in [0.25, 0.3) is 0 Å². The third-order valence-electron chi connectivity index (χ3n) is 4.36. The van der Waals surface area contributed by atoms with E-state index in [0.29, 0.717) is 49.0 Å². The highest BCUT2D eigenvalue weighted by Crippen LogP contribution is 2.26. The summed E-state index contributed by atoms with van der Waals surface area (Å²) in [5.41, 5.74) is 8.13. The number of amides is 2. The fraction of sp³-hybridized carbons (Fsp3) is 0.300. The van der Waals surface area contributed by atoms with Crippen molar-refractivity contribution < 1.29 is 19.1 Å². The van der Waals surface area contributed by atoms with Crippen LogP contribution < -0.4 is 15.8 Å². The zero-order valence-electron chi connectivity index (χ0n) is 15.6. The van der Waals surface area contributed by atoms with E-state index in [1.807, 2.05) is 12.1 Å². The summed E-state index contributed by atoms with van der Waals surface area (Å²) >= 11 is 0. The SMILES string of the molecule is COc1ccc(C(=O)N2CCOCC2)cc1NC(=O)Cc1ccc(N)cc1.Cl. The fourth-order valence-corrected chi connectivity index (χ4v) is 2.90. The summed E-state index contributed by atoms with van der Waals surface area (Å²) < 4.78 is 10.6. The molecule has 1 fully saturated rings. The molecule has 28 heavy (non-hydrogen) atoms. The Kier molecular flexibility index (Phi) is 7.66. The van der Waals surface area contributed by atoms with Crippen molar-refractivity contribution in [1.82, 2.24) is 4.90 Å². The van der Waals surface area contributed by atoms with Crippen LogP contribution in [0.3, 0.4) is 0 Å². The van der Waals surface area contributed by atoms with Gasteiger partial charge in [-0.15, -0.1) is 12.4 Å². The van der Waals surface area contributed by atoms with E-state index in [2.05, 4.69) is 5.32 Å². The van der Waals surface area contributed by atoms with Gasteiger partial charge < -0.3 is 25.4 Å². The normalized spacial score (nSPS) is 13.4. The van der Waals surface area contributed by atoms with Crippen molar-refractivity contribution in [3.8, 4) is 5.75 Å². The van der Waals surface area contributed by atoms with E-state index in [0.717, 1.165) is 5.56 Å². The van der Waals surface area contributed by atoms with Gasteiger partial charge in [-0.3, -0.25) is 9.59 Å². The highest BCUT2D eigenvalue weighted by atomic mass is 35.5. The molecule has 3 rings (SSSR count). The van der Waals surface area contributed by atoms with Crippen LogP contribution in [0.15, 0.2) is 42.5 Å². The third-order valence-corrected chi connectivity index (χ3v) is 4.36. The first kappa shape index (κ1) is 21.5. The summed E-state index contributed by atoms with van der Waals surface area (Å²) in [7, 11) is 1.52. The number of benzene rings is 2. The quantitative estimate of drug-likeness (QED) is 0.745. The first-order chi connectivity index (χ1) is 13.1. The molecule has 2 amide bonds. The second-order valence-electron chi connectivity index (χ2n) is 6.29. The molecule has 2 aromatic carbocycles. The average molecular weight is 406 g/mol. The number of ether oxygens (including phenoxy) is 2. The second-order valence-corrected chi connectivity index (χ2v) is 6.29. The minimum absolute atomic E-state index is 0. The number of hydrogen-bond donors (Lipinski definition) is 2. The zero-order valence-corrected chi connectivity index (χ0v) is 16.5. The van der Waals surface area contributed by atoms with Crippen molar-refractivity contribution in [1.29, 1.82) is 0 Å². The highest BCUT2D eigenvalue weighted by molar-refractivity contribution is 5.99. The standard InChI is InChI=1S/C20H23N3O4.ClH/c1-26-18-7-4-15(20(25)23-8-10-27-11-9-23)13-17(18)22-19(24)12-14-2-5-16(21)6-3-14;/h2-7,13H,8-12,21H2,1H3,(H,22,24);1H. The summed E-state index contributed by atoms with van der Waals surface area (Å²) in [4.78, 5) is 26.8. The number of nitrogens with two attached hydrogens (primary N) is 1. The van der Waals surface area contributed by atoms with Gasteiger partial charge in [0.2, 0.25) is 5.91 Å². The molecule has 150 valence electrons. The Balaban J connectivity index is 0.00000280. The Labute approximate surface area is 170 Å². The molecule has 1 aliphatic rings. The monoisotopic (exact) mass is 405 g/mol. The predicted octanol–water partition coefficient (Wildman–Crippen LogP) is 2.35. The van der Waals surface area contributed by atoms with E-state index in [9.17, 15) is 9.59 Å². The average Bonchev–Trinajstić information content (AvgIpc) is 2.70. The van der Waals surface area contributed by atoms with Crippen LogP contribution in [0.2, 0.25) is 0 Å². The maximum Gasteiger partial charge on any atom is 0.254 e. The van der Waals surface area contributed by atoms with Gasteiger partial charge in [0.15, 0.2) is 0 Å². The number of methoxy groups -OCH3 is 1. The number of nitrogens with zero attached hydrogens (tertiary/aromatic N) is 1. The molecule has 0 radical (unpaired) electrons. The van der Waals surface area contributed by atoms with Crippen molar-refractivity contribution in [2.45, 2.75) is 6.42 Å². The second kappa shape index (κ2) is 9.96. The first-order valence-corrected chi connectivity index (χ1v) is 8.76. The summed E-state index contributed by atoms with van der Waals surface area (Å²) in [5, 5.41) is 2.83. The van der Waals surface area contributed by atoms with Gasteiger partial charge in [-0.2, -0.15) is 0 Å². The number of hydrogen-bond acceptors (Lipinski definition) is 5. The number of anilines is 2. The van der Waals surface area contributed by atoms with Gasteiger partial charge in [-0.25, -0.2) is 0 Å². The molecule has 3 N–H and O–H groups in total. The van der Waals surface area contributed by atoms with Crippen molar-refractivity contribution in [3.05, 3.63) is 53.6 Å². The molecule has 0 aliphatic carbocycles. The zero-order chi connectivity index (χ0) is 19.2. The molecule has 1 aliphatic heterocycles. The summed E-state index contributed by atoms with van der Waals surface area (Å²) in [6, 6.07) is 12.2. The Morgan fingerprint density at radius 3 is 2.46 bits per heavy atom. The van der Waals surface area contributed by atoms with Crippen LogP contribution in [0, 0.1) is 0 Å². The molecule has 0 unspecified atom stereocenters. The smallest absolute Gasteiger partial charge is 0.254 e. The minimum atomic E-state index is -0.200. The maximum absolute atomic E-state index is 12.7. The topological polar surface area (TPSA) is 93.9 Å². The van der Waals surface area contributed by atoms with Gasteiger partial charge in [-0.05, 0) is 35.9 Å². The number of nitrogens with one attached hydrogen (secondary N) is 1. The maximum atomic E-state index is 12.7. The van der Waals surface area contributed by atoms with Gasteiger partial charge in [0.25, 0.3) is 5.91 Å². The van der Waals surface area contributed by atoms with Crippen LogP contribution in [-0.4, -0.2) is 50.1 Å². The number of rotatable bonds is 5. The lowest BCUT2D eigenvalue weighted by molar-refractivity contribution is -0.115. The van der Waals surface area contributed by atoms with Gasteiger partial charge in [-0.1, -0.05) is 12.1 Å². The number of morpholine rings is 1.